The standard InChI is InChI=1S/C15H24N2O3S/c1-3-13(14-7-5-12(2)6-8-14)11-15(18)17-9-4-10-21(16,19)20/h5-8,13H,3-4,9-11H2,1-2H3,(H,17,18)(H2,16,19,20). The maximum absolute atomic E-state index is 11.9. The van der Waals surface area contributed by atoms with Crippen molar-refractivity contribution >= 4 is 15.9 Å². The van der Waals surface area contributed by atoms with Crippen molar-refractivity contribution in [3.63, 3.8) is 0 Å². The molecule has 1 unspecified atom stereocenters. The number of carbonyl (C=O) groups excluding carboxylic acids is 1. The molecule has 3 N–H and O–H groups in total. The highest BCUT2D eigenvalue weighted by Gasteiger charge is 2.14. The molecule has 6 heteroatoms. The molecule has 21 heavy (non-hydrogen) atoms. The number of primary sulfonamides is 1. The molecule has 0 heterocycles. The van der Waals surface area contributed by atoms with Crippen LogP contribution in [0.4, 0.5) is 0 Å². The number of benzene rings is 1. The first-order chi connectivity index (χ1) is 9.81. The van der Waals surface area contributed by atoms with Crippen LogP contribution in [0.25, 0.3) is 0 Å². The number of hydrogen-bond donors (Lipinski definition) is 2. The van der Waals surface area contributed by atoms with Crippen LogP contribution >= 0.6 is 0 Å². The molecule has 5 nitrogen and oxygen atoms in total. The maximum Gasteiger partial charge on any atom is 0.220 e. The van der Waals surface area contributed by atoms with Crippen molar-refractivity contribution in [3.8, 4) is 0 Å². The lowest BCUT2D eigenvalue weighted by atomic mass is 9.92. The lowest BCUT2D eigenvalue weighted by molar-refractivity contribution is -0.121. The van der Waals surface area contributed by atoms with Crippen molar-refractivity contribution < 1.29 is 13.2 Å². The number of rotatable bonds is 8. The van der Waals surface area contributed by atoms with E-state index >= 15 is 0 Å². The first kappa shape index (κ1) is 17.7. The zero-order valence-electron chi connectivity index (χ0n) is 12.6. The summed E-state index contributed by atoms with van der Waals surface area (Å²) in [6.45, 7) is 4.42. The first-order valence-electron chi connectivity index (χ1n) is 7.15. The Kier molecular flexibility index (Phi) is 6.84. The van der Waals surface area contributed by atoms with Crippen molar-refractivity contribution in [1.29, 1.82) is 0 Å². The predicted molar refractivity (Wildman–Crippen MR) is 84.4 cm³/mol. The lowest BCUT2D eigenvalue weighted by Gasteiger charge is -2.15. The van der Waals surface area contributed by atoms with Crippen molar-refractivity contribution in [2.24, 2.45) is 5.14 Å². The van der Waals surface area contributed by atoms with E-state index in [-0.39, 0.29) is 17.6 Å². The fraction of sp³-hybridized carbons (Fsp3) is 0.533. The zero-order valence-corrected chi connectivity index (χ0v) is 13.4. The van der Waals surface area contributed by atoms with Gasteiger partial charge in [0, 0.05) is 13.0 Å². The van der Waals surface area contributed by atoms with Gasteiger partial charge in [-0.1, -0.05) is 36.8 Å². The molecule has 1 amide bonds. The molecule has 1 rings (SSSR count). The van der Waals surface area contributed by atoms with E-state index in [1.54, 1.807) is 0 Å². The lowest BCUT2D eigenvalue weighted by Crippen LogP contribution is -2.28. The van der Waals surface area contributed by atoms with Crippen LogP contribution in [0.15, 0.2) is 24.3 Å². The third kappa shape index (κ3) is 7.24. The van der Waals surface area contributed by atoms with Crippen molar-refractivity contribution in [2.75, 3.05) is 12.3 Å². The van der Waals surface area contributed by atoms with Gasteiger partial charge in [-0.05, 0) is 31.2 Å². The predicted octanol–water partition coefficient (Wildman–Crippen LogP) is 1.67. The molecule has 1 aromatic carbocycles. The van der Waals surface area contributed by atoms with E-state index in [0.717, 1.165) is 12.0 Å². The molecule has 0 spiro atoms. The van der Waals surface area contributed by atoms with E-state index < -0.39 is 10.0 Å². The number of amides is 1. The fourth-order valence-electron chi connectivity index (χ4n) is 2.13. The third-order valence-corrected chi connectivity index (χ3v) is 4.26. The van der Waals surface area contributed by atoms with Crippen LogP contribution in [0.1, 0.15) is 43.2 Å². The smallest absolute Gasteiger partial charge is 0.220 e. The van der Waals surface area contributed by atoms with Gasteiger partial charge in [-0.25, -0.2) is 13.6 Å². The van der Waals surface area contributed by atoms with Crippen LogP contribution < -0.4 is 10.5 Å². The number of nitrogens with one attached hydrogen (secondary N) is 1. The second-order valence-electron chi connectivity index (χ2n) is 5.29. The summed E-state index contributed by atoms with van der Waals surface area (Å²) < 4.78 is 21.6. The van der Waals surface area contributed by atoms with Gasteiger partial charge in [0.2, 0.25) is 15.9 Å². The molecule has 118 valence electrons. The van der Waals surface area contributed by atoms with Crippen LogP contribution in [0.2, 0.25) is 0 Å². The Balaban J connectivity index is 2.42. The largest absolute Gasteiger partial charge is 0.356 e. The zero-order chi connectivity index (χ0) is 15.9. The molecule has 0 aromatic heterocycles. The Labute approximate surface area is 127 Å². The van der Waals surface area contributed by atoms with Gasteiger partial charge in [0.1, 0.15) is 0 Å². The van der Waals surface area contributed by atoms with Crippen LogP contribution in [0.3, 0.4) is 0 Å². The second kappa shape index (κ2) is 8.14. The SMILES string of the molecule is CCC(CC(=O)NCCCS(N)(=O)=O)c1ccc(C)cc1. The van der Waals surface area contributed by atoms with E-state index in [0.29, 0.717) is 19.4 Å². The molecule has 0 radical (unpaired) electrons. The molecular weight excluding hydrogens is 288 g/mol. The maximum atomic E-state index is 11.9. The van der Waals surface area contributed by atoms with Crippen LogP contribution in [-0.4, -0.2) is 26.6 Å². The molecule has 0 saturated carbocycles. The van der Waals surface area contributed by atoms with E-state index in [9.17, 15) is 13.2 Å². The Morgan fingerprint density at radius 2 is 1.90 bits per heavy atom. The summed E-state index contributed by atoms with van der Waals surface area (Å²) in [7, 11) is -3.45. The molecule has 0 aliphatic heterocycles. The number of nitrogens with two attached hydrogens (primary N) is 1. The Morgan fingerprint density at radius 1 is 1.29 bits per heavy atom. The number of hydrogen-bond acceptors (Lipinski definition) is 3. The Morgan fingerprint density at radius 3 is 2.43 bits per heavy atom. The van der Waals surface area contributed by atoms with Crippen molar-refractivity contribution in [1.82, 2.24) is 5.32 Å². The van der Waals surface area contributed by atoms with Crippen molar-refractivity contribution in [3.05, 3.63) is 35.4 Å². The highest BCUT2D eigenvalue weighted by atomic mass is 32.2. The monoisotopic (exact) mass is 312 g/mol. The van der Waals surface area contributed by atoms with Gasteiger partial charge in [-0.2, -0.15) is 0 Å². The molecule has 0 saturated heterocycles. The minimum absolute atomic E-state index is 0.0585. The summed E-state index contributed by atoms with van der Waals surface area (Å²) in [5.74, 6) is 0.0170. The van der Waals surface area contributed by atoms with E-state index in [1.807, 2.05) is 19.1 Å². The molecule has 1 aromatic rings. The third-order valence-electron chi connectivity index (χ3n) is 3.40. The fourth-order valence-corrected chi connectivity index (χ4v) is 2.68. The highest BCUT2D eigenvalue weighted by molar-refractivity contribution is 7.89. The van der Waals surface area contributed by atoms with Crippen molar-refractivity contribution in [2.45, 2.75) is 39.0 Å². The van der Waals surface area contributed by atoms with Gasteiger partial charge in [0.05, 0.1) is 5.75 Å². The summed E-state index contributed by atoms with van der Waals surface area (Å²) in [5, 5.41) is 7.64. The van der Waals surface area contributed by atoms with Gasteiger partial charge in [0.25, 0.3) is 0 Å². The minimum Gasteiger partial charge on any atom is -0.356 e. The molecule has 0 fully saturated rings. The molecule has 0 aliphatic carbocycles. The first-order valence-corrected chi connectivity index (χ1v) is 8.87. The molecule has 1 atom stereocenters. The summed E-state index contributed by atoms with van der Waals surface area (Å²) >= 11 is 0. The van der Waals surface area contributed by atoms with Gasteiger partial charge >= 0.3 is 0 Å². The van der Waals surface area contributed by atoms with Gasteiger partial charge in [0.15, 0.2) is 0 Å². The molecule has 0 aliphatic rings. The van der Waals surface area contributed by atoms with E-state index in [4.69, 9.17) is 5.14 Å². The molecule has 0 bridgehead atoms. The average molecular weight is 312 g/mol. The van der Waals surface area contributed by atoms with Crippen LogP contribution in [0, 0.1) is 6.92 Å². The summed E-state index contributed by atoms with van der Waals surface area (Å²) in [5.41, 5.74) is 2.35. The molecular formula is C15H24N2O3S. The Bertz CT molecular complexity index is 553. The summed E-state index contributed by atoms with van der Waals surface area (Å²) in [6, 6.07) is 8.19. The number of sulfonamides is 1. The topological polar surface area (TPSA) is 89.3 Å². The quantitative estimate of drug-likeness (QED) is 0.716. The van der Waals surface area contributed by atoms with Crippen LogP contribution in [0.5, 0.6) is 0 Å². The summed E-state index contributed by atoms with van der Waals surface area (Å²) in [4.78, 5) is 11.9. The van der Waals surface area contributed by atoms with Gasteiger partial charge in [-0.15, -0.1) is 0 Å². The van der Waals surface area contributed by atoms with E-state index in [2.05, 4.69) is 24.4 Å². The normalized spacial score (nSPS) is 12.9. The van der Waals surface area contributed by atoms with E-state index in [1.165, 1.54) is 5.56 Å². The summed E-state index contributed by atoms with van der Waals surface area (Å²) in [6.07, 6.45) is 1.63. The highest BCUT2D eigenvalue weighted by Crippen LogP contribution is 2.23. The average Bonchev–Trinajstić information content (AvgIpc) is 2.41. The number of aryl methyl sites for hydroxylation is 1. The van der Waals surface area contributed by atoms with Crippen LogP contribution in [-0.2, 0) is 14.8 Å². The van der Waals surface area contributed by atoms with Gasteiger partial charge in [-0.3, -0.25) is 4.79 Å². The minimum atomic E-state index is -3.45. The van der Waals surface area contributed by atoms with Gasteiger partial charge < -0.3 is 5.32 Å². The second-order valence-corrected chi connectivity index (χ2v) is 7.02. The number of carbonyl (C=O) groups is 1. The Hall–Kier alpha value is -1.40.